The first kappa shape index (κ1) is 21.2. The molecule has 0 spiro atoms. The highest BCUT2D eigenvalue weighted by atomic mass is 32.1. The number of methoxy groups -OCH3 is 1. The standard InChI is InChI=1S/C22H20N2O5S/c1-28-17-7-5-14(6-8-17)10-18-21(26)24-19(22(27)23-18)11-15-3-2-4-16(9-15)12-29-20(25)13-30/h2-11,30H,12-13H2,1H3,(H,23,27)(H,24,26). The van der Waals surface area contributed by atoms with Gasteiger partial charge in [-0.25, -0.2) is 0 Å². The van der Waals surface area contributed by atoms with Crippen LogP contribution in [0.25, 0.3) is 12.2 Å². The lowest BCUT2D eigenvalue weighted by atomic mass is 10.1. The van der Waals surface area contributed by atoms with Crippen LogP contribution in [0.3, 0.4) is 0 Å². The Balaban J connectivity index is 1.92. The maximum atomic E-state index is 12.5. The van der Waals surface area contributed by atoms with Gasteiger partial charge in [0.2, 0.25) is 0 Å². The van der Waals surface area contributed by atoms with Crippen molar-refractivity contribution in [3.8, 4) is 5.75 Å². The van der Waals surface area contributed by atoms with Gasteiger partial charge >= 0.3 is 5.97 Å². The van der Waals surface area contributed by atoms with Gasteiger partial charge < -0.3 is 19.4 Å². The van der Waals surface area contributed by atoms with Crippen LogP contribution in [-0.4, -0.2) is 28.8 Å². The molecule has 30 heavy (non-hydrogen) atoms. The van der Waals surface area contributed by atoms with Gasteiger partial charge in [0.05, 0.1) is 12.9 Å². The van der Waals surface area contributed by atoms with Gasteiger partial charge in [0.15, 0.2) is 0 Å². The summed E-state index contributed by atoms with van der Waals surface area (Å²) in [5, 5.41) is 0.270. The first-order valence-electron chi connectivity index (χ1n) is 9.04. The maximum Gasteiger partial charge on any atom is 0.315 e. The molecule has 154 valence electrons. The van der Waals surface area contributed by atoms with Crippen molar-refractivity contribution in [1.82, 2.24) is 9.97 Å². The predicted octanol–water partition coefficient (Wildman–Crippen LogP) is 0.702. The molecule has 0 saturated heterocycles. The van der Waals surface area contributed by atoms with E-state index in [-0.39, 0.29) is 23.1 Å². The molecule has 1 aromatic heterocycles. The third kappa shape index (κ3) is 5.51. The van der Waals surface area contributed by atoms with Crippen molar-refractivity contribution in [2.75, 3.05) is 12.9 Å². The van der Waals surface area contributed by atoms with E-state index in [4.69, 9.17) is 9.47 Å². The van der Waals surface area contributed by atoms with Gasteiger partial charge in [0.1, 0.15) is 23.1 Å². The number of aromatic amines is 2. The SMILES string of the molecule is COc1ccc(C=c2[nH]c(=O)c(=Cc3cccc(COC(=O)CS)c3)[nH]c2=O)cc1. The highest BCUT2D eigenvalue weighted by molar-refractivity contribution is 7.81. The fraction of sp³-hybridized carbons (Fsp3) is 0.136. The average molecular weight is 424 g/mol. The molecule has 2 aromatic carbocycles. The van der Waals surface area contributed by atoms with E-state index in [0.717, 1.165) is 11.1 Å². The summed E-state index contributed by atoms with van der Waals surface area (Å²) in [5.41, 5.74) is 1.33. The first-order valence-corrected chi connectivity index (χ1v) is 9.67. The number of ether oxygens (including phenoxy) is 2. The zero-order valence-corrected chi connectivity index (χ0v) is 17.1. The minimum Gasteiger partial charge on any atom is -0.497 e. The molecular formula is C22H20N2O5S. The number of hydrogen-bond donors (Lipinski definition) is 3. The fourth-order valence-electron chi connectivity index (χ4n) is 2.71. The highest BCUT2D eigenvalue weighted by Crippen LogP contribution is 2.11. The number of benzene rings is 2. The van der Waals surface area contributed by atoms with Crippen molar-refractivity contribution in [1.29, 1.82) is 0 Å². The van der Waals surface area contributed by atoms with Crippen LogP contribution in [0.1, 0.15) is 16.7 Å². The van der Waals surface area contributed by atoms with E-state index < -0.39 is 17.1 Å². The van der Waals surface area contributed by atoms with Crippen molar-refractivity contribution in [2.45, 2.75) is 6.61 Å². The molecule has 0 aliphatic carbocycles. The molecule has 0 amide bonds. The minimum absolute atomic E-state index is 0.00230. The van der Waals surface area contributed by atoms with E-state index in [1.807, 2.05) is 0 Å². The molecule has 8 heteroatoms. The predicted molar refractivity (Wildman–Crippen MR) is 117 cm³/mol. The van der Waals surface area contributed by atoms with E-state index in [1.54, 1.807) is 67.8 Å². The van der Waals surface area contributed by atoms with Crippen LogP contribution in [-0.2, 0) is 16.1 Å². The third-order valence-electron chi connectivity index (χ3n) is 4.20. The average Bonchev–Trinajstić information content (AvgIpc) is 2.76. The molecule has 2 N–H and O–H groups in total. The quantitative estimate of drug-likeness (QED) is 0.400. The number of nitrogens with one attached hydrogen (secondary N) is 2. The smallest absolute Gasteiger partial charge is 0.315 e. The van der Waals surface area contributed by atoms with Gasteiger partial charge in [-0.2, -0.15) is 12.6 Å². The number of rotatable bonds is 6. The first-order chi connectivity index (χ1) is 14.5. The lowest BCUT2D eigenvalue weighted by molar-refractivity contribution is -0.141. The topological polar surface area (TPSA) is 101 Å². The molecule has 7 nitrogen and oxygen atoms in total. The molecule has 0 unspecified atom stereocenters. The fourth-order valence-corrected chi connectivity index (χ4v) is 2.80. The van der Waals surface area contributed by atoms with Crippen molar-refractivity contribution >= 4 is 30.8 Å². The molecule has 3 aromatic rings. The van der Waals surface area contributed by atoms with Gasteiger partial charge in [-0.3, -0.25) is 14.4 Å². The van der Waals surface area contributed by atoms with Gasteiger partial charge in [0, 0.05) is 0 Å². The Kier molecular flexibility index (Phi) is 6.92. The Morgan fingerprint density at radius 1 is 0.967 bits per heavy atom. The molecule has 0 fully saturated rings. The maximum absolute atomic E-state index is 12.5. The van der Waals surface area contributed by atoms with Gasteiger partial charge in [-0.15, -0.1) is 0 Å². The van der Waals surface area contributed by atoms with Gasteiger partial charge in [-0.05, 0) is 47.0 Å². The third-order valence-corrected chi connectivity index (χ3v) is 4.46. The normalized spacial score (nSPS) is 12.1. The summed E-state index contributed by atoms with van der Waals surface area (Å²) >= 11 is 3.86. The summed E-state index contributed by atoms with van der Waals surface area (Å²) in [4.78, 5) is 41.3. The number of aromatic nitrogens is 2. The minimum atomic E-state index is -0.429. The van der Waals surface area contributed by atoms with Gasteiger partial charge in [-0.1, -0.05) is 30.3 Å². The second-order valence-corrected chi connectivity index (χ2v) is 6.68. The number of carbonyl (C=O) groups is 1. The van der Waals surface area contributed by atoms with Crippen LogP contribution >= 0.6 is 12.6 Å². The highest BCUT2D eigenvalue weighted by Gasteiger charge is 2.02. The Bertz CT molecular complexity index is 1280. The van der Waals surface area contributed by atoms with Crippen LogP contribution in [0.15, 0.2) is 58.1 Å². The van der Waals surface area contributed by atoms with Crippen molar-refractivity contribution < 1.29 is 14.3 Å². The summed E-state index contributed by atoms with van der Waals surface area (Å²) < 4.78 is 10.1. The summed E-state index contributed by atoms with van der Waals surface area (Å²) in [5.74, 6) is 0.279. The Morgan fingerprint density at radius 2 is 1.60 bits per heavy atom. The monoisotopic (exact) mass is 424 g/mol. The lowest BCUT2D eigenvalue weighted by Gasteiger charge is -2.04. The van der Waals surface area contributed by atoms with Crippen molar-refractivity contribution in [3.63, 3.8) is 0 Å². The summed E-state index contributed by atoms with van der Waals surface area (Å²) in [6.07, 6.45) is 3.14. The Hall–Kier alpha value is -3.52. The molecule has 1 heterocycles. The second-order valence-electron chi connectivity index (χ2n) is 6.36. The van der Waals surface area contributed by atoms with Crippen LogP contribution in [0, 0.1) is 0 Å². The zero-order chi connectivity index (χ0) is 21.5. The molecule has 0 bridgehead atoms. The lowest BCUT2D eigenvalue weighted by Crippen LogP contribution is -2.46. The van der Waals surface area contributed by atoms with E-state index in [2.05, 4.69) is 22.6 Å². The molecule has 0 aliphatic rings. The van der Waals surface area contributed by atoms with Crippen LogP contribution in [0.2, 0.25) is 0 Å². The number of hydrogen-bond acceptors (Lipinski definition) is 6. The molecule has 3 rings (SSSR count). The van der Waals surface area contributed by atoms with Crippen LogP contribution in [0.5, 0.6) is 5.75 Å². The van der Waals surface area contributed by atoms with Crippen LogP contribution in [0.4, 0.5) is 0 Å². The largest absolute Gasteiger partial charge is 0.497 e. The zero-order valence-electron chi connectivity index (χ0n) is 16.2. The van der Waals surface area contributed by atoms with E-state index in [0.29, 0.717) is 11.3 Å². The summed E-state index contributed by atoms with van der Waals surface area (Å²) in [7, 11) is 1.57. The molecule has 0 radical (unpaired) electrons. The van der Waals surface area contributed by atoms with Crippen molar-refractivity contribution in [3.05, 3.63) is 96.6 Å². The Morgan fingerprint density at radius 3 is 2.20 bits per heavy atom. The van der Waals surface area contributed by atoms with E-state index in [9.17, 15) is 14.4 Å². The van der Waals surface area contributed by atoms with Crippen LogP contribution < -0.4 is 26.6 Å². The molecule has 0 atom stereocenters. The second kappa shape index (κ2) is 9.80. The van der Waals surface area contributed by atoms with Crippen molar-refractivity contribution in [2.24, 2.45) is 0 Å². The number of H-pyrrole nitrogens is 2. The molecule has 0 aliphatic heterocycles. The number of thiol groups is 1. The Labute approximate surface area is 177 Å². The molecular weight excluding hydrogens is 404 g/mol. The van der Waals surface area contributed by atoms with Gasteiger partial charge in [0.25, 0.3) is 11.1 Å². The number of esters is 1. The number of carbonyl (C=O) groups excluding carboxylic acids is 1. The summed E-state index contributed by atoms with van der Waals surface area (Å²) in [6, 6.07) is 14.2. The summed E-state index contributed by atoms with van der Waals surface area (Å²) in [6.45, 7) is 0.101. The molecule has 0 saturated carbocycles. The van der Waals surface area contributed by atoms with E-state index in [1.165, 1.54) is 0 Å². The van der Waals surface area contributed by atoms with E-state index >= 15 is 0 Å².